The van der Waals surface area contributed by atoms with Gasteiger partial charge < -0.3 is 0 Å². The third kappa shape index (κ3) is 4.13. The first-order chi connectivity index (χ1) is 9.16. The summed E-state index contributed by atoms with van der Waals surface area (Å²) in [6.45, 7) is 2.11. The molecule has 0 saturated heterocycles. The Bertz CT molecular complexity index is 479. The van der Waals surface area contributed by atoms with Crippen molar-refractivity contribution >= 4 is 16.6 Å². The SMILES string of the molecule is C[C@@H](/C=C/S(=O)c1ccccc1)[C@@H]1CCCC(=O)C1. The van der Waals surface area contributed by atoms with Gasteiger partial charge in [-0.3, -0.25) is 4.79 Å². The topological polar surface area (TPSA) is 34.1 Å². The van der Waals surface area contributed by atoms with Crippen LogP contribution in [0.1, 0.15) is 32.6 Å². The summed E-state index contributed by atoms with van der Waals surface area (Å²) < 4.78 is 12.1. The molecule has 0 bridgehead atoms. The number of benzene rings is 1. The number of hydrogen-bond acceptors (Lipinski definition) is 2. The fourth-order valence-electron chi connectivity index (χ4n) is 2.49. The predicted molar refractivity (Wildman–Crippen MR) is 78.1 cm³/mol. The molecule has 1 aliphatic rings. The van der Waals surface area contributed by atoms with Crippen LogP contribution in [0.2, 0.25) is 0 Å². The standard InChI is InChI=1S/C16H20O2S/c1-13(14-6-5-7-15(17)12-14)10-11-19(18)16-8-3-2-4-9-16/h2-4,8-11,13-14H,5-7,12H2,1H3/b11-10+/t13-,14+,19?/m0/s1. The number of ketones is 1. The Morgan fingerprint density at radius 2 is 2.05 bits per heavy atom. The smallest absolute Gasteiger partial charge is 0.133 e. The fraction of sp³-hybridized carbons (Fsp3) is 0.438. The lowest BCUT2D eigenvalue weighted by molar-refractivity contribution is -0.121. The molecule has 0 spiro atoms. The van der Waals surface area contributed by atoms with E-state index in [1.54, 1.807) is 5.41 Å². The van der Waals surface area contributed by atoms with E-state index in [0.717, 1.165) is 24.2 Å². The van der Waals surface area contributed by atoms with Crippen LogP contribution in [-0.4, -0.2) is 9.99 Å². The molecule has 3 atom stereocenters. The third-order valence-corrected chi connectivity index (χ3v) is 4.89. The van der Waals surface area contributed by atoms with Crippen molar-refractivity contribution in [3.05, 3.63) is 41.8 Å². The number of hydrogen-bond donors (Lipinski definition) is 0. The number of Topliss-reactive ketones (excluding diaryl/α,β-unsaturated/α-hetero) is 1. The molecule has 3 heteroatoms. The molecular formula is C16H20O2S. The van der Waals surface area contributed by atoms with Gasteiger partial charge in [0, 0.05) is 23.1 Å². The van der Waals surface area contributed by atoms with Crippen molar-refractivity contribution < 1.29 is 9.00 Å². The molecule has 0 aliphatic heterocycles. The Labute approximate surface area is 117 Å². The molecule has 0 heterocycles. The van der Waals surface area contributed by atoms with Gasteiger partial charge in [0.2, 0.25) is 0 Å². The average molecular weight is 276 g/mol. The molecule has 1 aromatic carbocycles. The molecule has 1 unspecified atom stereocenters. The fourth-order valence-corrected chi connectivity index (χ4v) is 3.47. The Balaban J connectivity index is 1.94. The van der Waals surface area contributed by atoms with Gasteiger partial charge in [0.25, 0.3) is 0 Å². The van der Waals surface area contributed by atoms with E-state index in [-0.39, 0.29) is 0 Å². The van der Waals surface area contributed by atoms with E-state index >= 15 is 0 Å². The van der Waals surface area contributed by atoms with Crippen molar-refractivity contribution in [1.82, 2.24) is 0 Å². The summed E-state index contributed by atoms with van der Waals surface area (Å²) in [5.74, 6) is 1.11. The summed E-state index contributed by atoms with van der Waals surface area (Å²) >= 11 is 0. The Kier molecular flexibility index (Phi) is 5.08. The summed E-state index contributed by atoms with van der Waals surface area (Å²) in [7, 11) is -1.08. The minimum Gasteiger partial charge on any atom is -0.300 e. The Hall–Kier alpha value is -1.22. The monoisotopic (exact) mass is 276 g/mol. The first-order valence-corrected chi connectivity index (χ1v) is 8.04. The molecule has 0 aromatic heterocycles. The van der Waals surface area contributed by atoms with Crippen LogP contribution in [-0.2, 0) is 15.6 Å². The lowest BCUT2D eigenvalue weighted by atomic mass is 9.80. The molecule has 1 fully saturated rings. The Morgan fingerprint density at radius 3 is 2.74 bits per heavy atom. The summed E-state index contributed by atoms with van der Waals surface area (Å²) in [6.07, 6.45) is 5.54. The highest BCUT2D eigenvalue weighted by Crippen LogP contribution is 2.28. The highest BCUT2D eigenvalue weighted by Gasteiger charge is 2.23. The highest BCUT2D eigenvalue weighted by molar-refractivity contribution is 7.88. The van der Waals surface area contributed by atoms with E-state index in [1.807, 2.05) is 36.4 Å². The van der Waals surface area contributed by atoms with Crippen molar-refractivity contribution in [2.45, 2.75) is 37.5 Å². The van der Waals surface area contributed by atoms with Gasteiger partial charge in [-0.2, -0.15) is 0 Å². The second-order valence-electron chi connectivity index (χ2n) is 5.19. The van der Waals surface area contributed by atoms with E-state index in [2.05, 4.69) is 6.92 Å². The maximum atomic E-state index is 12.1. The number of carbonyl (C=O) groups excluding carboxylic acids is 1. The van der Waals surface area contributed by atoms with Gasteiger partial charge in [-0.1, -0.05) is 31.2 Å². The molecule has 0 N–H and O–H groups in total. The summed E-state index contributed by atoms with van der Waals surface area (Å²) in [5, 5.41) is 1.76. The lowest BCUT2D eigenvalue weighted by Gasteiger charge is -2.24. The second-order valence-corrected chi connectivity index (χ2v) is 6.53. The third-order valence-electron chi connectivity index (χ3n) is 3.75. The molecule has 19 heavy (non-hydrogen) atoms. The molecule has 1 aromatic rings. The summed E-state index contributed by atoms with van der Waals surface area (Å²) in [6, 6.07) is 9.44. The van der Waals surface area contributed by atoms with Gasteiger partial charge in [-0.05, 0) is 36.8 Å². The maximum Gasteiger partial charge on any atom is 0.133 e. The first kappa shape index (κ1) is 14.2. The van der Waals surface area contributed by atoms with E-state index in [0.29, 0.717) is 24.0 Å². The van der Waals surface area contributed by atoms with Crippen molar-refractivity contribution in [3.63, 3.8) is 0 Å². The minimum atomic E-state index is -1.08. The van der Waals surface area contributed by atoms with Gasteiger partial charge in [-0.25, -0.2) is 4.21 Å². The van der Waals surface area contributed by atoms with Gasteiger partial charge in [-0.15, -0.1) is 0 Å². The molecule has 0 amide bonds. The van der Waals surface area contributed by atoms with Crippen LogP contribution in [0.15, 0.2) is 46.7 Å². The molecule has 2 nitrogen and oxygen atoms in total. The van der Waals surface area contributed by atoms with Crippen LogP contribution in [0.25, 0.3) is 0 Å². The molecule has 102 valence electrons. The van der Waals surface area contributed by atoms with Gasteiger partial charge in [0.05, 0.1) is 10.8 Å². The van der Waals surface area contributed by atoms with Crippen LogP contribution < -0.4 is 0 Å². The quantitative estimate of drug-likeness (QED) is 0.840. The largest absolute Gasteiger partial charge is 0.300 e. The van der Waals surface area contributed by atoms with Gasteiger partial charge >= 0.3 is 0 Å². The number of rotatable bonds is 4. The van der Waals surface area contributed by atoms with Crippen LogP contribution in [0.5, 0.6) is 0 Å². The van der Waals surface area contributed by atoms with E-state index < -0.39 is 10.8 Å². The maximum absolute atomic E-state index is 12.1. The van der Waals surface area contributed by atoms with Crippen LogP contribution in [0, 0.1) is 11.8 Å². The lowest BCUT2D eigenvalue weighted by Crippen LogP contribution is -2.19. The average Bonchev–Trinajstić information content (AvgIpc) is 2.45. The molecular weight excluding hydrogens is 256 g/mol. The van der Waals surface area contributed by atoms with E-state index in [4.69, 9.17) is 0 Å². The molecule has 2 rings (SSSR count). The van der Waals surface area contributed by atoms with Gasteiger partial charge in [0.1, 0.15) is 5.78 Å². The molecule has 1 saturated carbocycles. The van der Waals surface area contributed by atoms with E-state index in [9.17, 15) is 9.00 Å². The normalized spacial score (nSPS) is 23.4. The zero-order valence-corrected chi connectivity index (χ0v) is 12.1. The Morgan fingerprint density at radius 1 is 1.32 bits per heavy atom. The molecule has 0 radical (unpaired) electrons. The number of carbonyl (C=O) groups is 1. The first-order valence-electron chi connectivity index (χ1n) is 6.82. The van der Waals surface area contributed by atoms with Crippen molar-refractivity contribution in [2.24, 2.45) is 11.8 Å². The second kappa shape index (κ2) is 6.80. The van der Waals surface area contributed by atoms with Crippen LogP contribution in [0.3, 0.4) is 0 Å². The van der Waals surface area contributed by atoms with Crippen molar-refractivity contribution in [3.8, 4) is 0 Å². The molecule has 1 aliphatic carbocycles. The summed E-state index contributed by atoms with van der Waals surface area (Å²) in [5.41, 5.74) is 0. The van der Waals surface area contributed by atoms with Crippen molar-refractivity contribution in [1.29, 1.82) is 0 Å². The highest BCUT2D eigenvalue weighted by atomic mass is 32.2. The zero-order chi connectivity index (χ0) is 13.7. The number of allylic oxidation sites excluding steroid dienone is 1. The minimum absolute atomic E-state index is 0.317. The van der Waals surface area contributed by atoms with Crippen LogP contribution in [0.4, 0.5) is 0 Å². The van der Waals surface area contributed by atoms with Gasteiger partial charge in [0.15, 0.2) is 0 Å². The van der Waals surface area contributed by atoms with Crippen LogP contribution >= 0.6 is 0 Å². The van der Waals surface area contributed by atoms with E-state index in [1.165, 1.54) is 0 Å². The zero-order valence-electron chi connectivity index (χ0n) is 11.2. The van der Waals surface area contributed by atoms with Crippen molar-refractivity contribution in [2.75, 3.05) is 0 Å². The summed E-state index contributed by atoms with van der Waals surface area (Å²) in [4.78, 5) is 12.3. The predicted octanol–water partition coefficient (Wildman–Crippen LogP) is 3.70.